The van der Waals surface area contributed by atoms with Gasteiger partial charge in [-0.05, 0) is 13.8 Å². The second-order valence-corrected chi connectivity index (χ2v) is 3.66. The molecule has 7 nitrogen and oxygen atoms in total. The van der Waals surface area contributed by atoms with Crippen LogP contribution in [0.2, 0.25) is 0 Å². The first-order valence-electron chi connectivity index (χ1n) is 4.66. The normalized spacial score (nSPS) is 10.2. The minimum Gasteiger partial charge on any atom is -0.480 e. The molecular weight excluding hydrogens is 228 g/mol. The molecule has 0 saturated heterocycles. The Morgan fingerprint density at radius 1 is 1.35 bits per heavy atom. The van der Waals surface area contributed by atoms with E-state index in [0.717, 1.165) is 0 Å². The van der Waals surface area contributed by atoms with Crippen LogP contribution in [-0.4, -0.2) is 41.8 Å². The van der Waals surface area contributed by atoms with Crippen molar-refractivity contribution in [3.8, 4) is 12.3 Å². The fourth-order valence-corrected chi connectivity index (χ4v) is 0.745. The summed E-state index contributed by atoms with van der Waals surface area (Å²) in [6.45, 7) is 2.04. The van der Waals surface area contributed by atoms with Gasteiger partial charge in [0.2, 0.25) is 0 Å². The summed E-state index contributed by atoms with van der Waals surface area (Å²) >= 11 is 0. The molecule has 0 heterocycles. The second kappa shape index (κ2) is 6.50. The van der Waals surface area contributed by atoms with Crippen LogP contribution >= 0.6 is 0 Å². The number of terminal acetylenes is 1. The molecule has 0 aliphatic carbocycles. The van der Waals surface area contributed by atoms with Crippen molar-refractivity contribution in [2.75, 3.05) is 13.2 Å². The molecule has 94 valence electrons. The minimum absolute atomic E-state index is 0.518. The van der Waals surface area contributed by atoms with E-state index >= 15 is 0 Å². The van der Waals surface area contributed by atoms with Crippen LogP contribution in [0.1, 0.15) is 13.8 Å². The number of aliphatic carboxylic acids is 1. The van der Waals surface area contributed by atoms with Crippen molar-refractivity contribution in [2.45, 2.75) is 19.4 Å². The molecule has 0 fully saturated rings. The Morgan fingerprint density at radius 3 is 2.41 bits per heavy atom. The maximum atomic E-state index is 11.2. The number of carbonyl (C=O) groups excluding carboxylic acids is 2. The number of nitrogens with one attached hydrogen (secondary N) is 2. The first-order valence-corrected chi connectivity index (χ1v) is 4.66. The summed E-state index contributed by atoms with van der Waals surface area (Å²) in [4.78, 5) is 32.4. The molecule has 0 bridgehead atoms. The van der Waals surface area contributed by atoms with Crippen LogP contribution in [-0.2, 0) is 14.3 Å². The quantitative estimate of drug-likeness (QED) is 0.554. The number of hydrogen-bond donors (Lipinski definition) is 3. The molecule has 0 rings (SSSR count). The Labute approximate surface area is 98.5 Å². The average Bonchev–Trinajstić information content (AvgIpc) is 2.15. The highest BCUT2D eigenvalue weighted by molar-refractivity contribution is 5.95. The summed E-state index contributed by atoms with van der Waals surface area (Å²) in [7, 11) is 0. The van der Waals surface area contributed by atoms with Crippen LogP contribution in [0.3, 0.4) is 0 Å². The van der Waals surface area contributed by atoms with Gasteiger partial charge in [-0.1, -0.05) is 5.92 Å². The molecule has 17 heavy (non-hydrogen) atoms. The molecule has 3 amide bonds. The van der Waals surface area contributed by atoms with Gasteiger partial charge in [0.05, 0.1) is 5.54 Å². The number of carbonyl (C=O) groups is 3. The van der Waals surface area contributed by atoms with Gasteiger partial charge >= 0.3 is 12.0 Å². The van der Waals surface area contributed by atoms with Crippen LogP contribution in [0.25, 0.3) is 0 Å². The van der Waals surface area contributed by atoms with Gasteiger partial charge in [-0.3, -0.25) is 10.1 Å². The Morgan fingerprint density at radius 2 is 1.94 bits per heavy atom. The summed E-state index contributed by atoms with van der Waals surface area (Å²) in [5.74, 6) is 0.360. The summed E-state index contributed by atoms with van der Waals surface area (Å²) in [5, 5.41) is 12.5. The van der Waals surface area contributed by atoms with Crippen LogP contribution in [0, 0.1) is 12.3 Å². The van der Waals surface area contributed by atoms with Crippen LogP contribution < -0.4 is 10.6 Å². The third kappa shape index (κ3) is 7.81. The lowest BCUT2D eigenvalue weighted by Gasteiger charge is -2.19. The van der Waals surface area contributed by atoms with E-state index in [-0.39, 0.29) is 0 Å². The largest absolute Gasteiger partial charge is 0.480 e. The molecule has 0 spiro atoms. The van der Waals surface area contributed by atoms with Gasteiger partial charge < -0.3 is 15.2 Å². The Bertz CT molecular complexity index is 356. The summed E-state index contributed by atoms with van der Waals surface area (Å²) in [5.41, 5.74) is -0.883. The smallest absolute Gasteiger partial charge is 0.329 e. The van der Waals surface area contributed by atoms with E-state index < -0.39 is 36.7 Å². The maximum Gasteiger partial charge on any atom is 0.329 e. The summed E-state index contributed by atoms with van der Waals surface area (Å²) in [6, 6.07) is -0.767. The monoisotopic (exact) mass is 242 g/mol. The van der Waals surface area contributed by atoms with Crippen LogP contribution in [0.15, 0.2) is 0 Å². The second-order valence-electron chi connectivity index (χ2n) is 3.66. The first kappa shape index (κ1) is 14.9. The number of imide groups is 1. The zero-order valence-corrected chi connectivity index (χ0v) is 9.57. The van der Waals surface area contributed by atoms with E-state index in [0.29, 0.717) is 0 Å². The number of carboxylic acids is 1. The molecule has 0 radical (unpaired) electrons. The number of hydrogen-bond acceptors (Lipinski definition) is 4. The average molecular weight is 242 g/mol. The van der Waals surface area contributed by atoms with Crippen molar-refractivity contribution < 1.29 is 24.2 Å². The minimum atomic E-state index is -1.20. The summed E-state index contributed by atoms with van der Waals surface area (Å²) < 4.78 is 4.48. The zero-order chi connectivity index (χ0) is 13.5. The number of urea groups is 1. The predicted octanol–water partition coefficient (Wildman–Crippen LogP) is -0.675. The molecule has 0 aromatic rings. The fraction of sp³-hybridized carbons (Fsp3) is 0.500. The zero-order valence-electron chi connectivity index (χ0n) is 9.57. The Balaban J connectivity index is 3.94. The van der Waals surface area contributed by atoms with Crippen LogP contribution in [0.5, 0.6) is 0 Å². The molecule has 0 aromatic heterocycles. The fourth-order valence-electron chi connectivity index (χ4n) is 0.745. The molecule has 7 heteroatoms. The van der Waals surface area contributed by atoms with Crippen molar-refractivity contribution in [3.05, 3.63) is 0 Å². The topological polar surface area (TPSA) is 105 Å². The van der Waals surface area contributed by atoms with Gasteiger partial charge in [-0.25, -0.2) is 9.59 Å². The van der Waals surface area contributed by atoms with Gasteiger partial charge in [0.15, 0.2) is 0 Å². The third-order valence-corrected chi connectivity index (χ3v) is 1.50. The third-order valence-electron chi connectivity index (χ3n) is 1.50. The molecule has 0 saturated carbocycles. The maximum absolute atomic E-state index is 11.2. The number of carboxylic acid groups (broad SMARTS) is 1. The first-order chi connectivity index (χ1) is 7.76. The standard InChI is InChI=1S/C10H14N2O5/c1-4-10(2,3)12-9(16)11-7(13)5-17-6-8(14)15/h1H,5-6H2,2-3H3,(H,14,15)(H2,11,12,13,16). The van der Waals surface area contributed by atoms with Crippen LogP contribution in [0.4, 0.5) is 4.79 Å². The van der Waals surface area contributed by atoms with Gasteiger partial charge in [0.1, 0.15) is 13.2 Å². The van der Waals surface area contributed by atoms with Gasteiger partial charge in [-0.15, -0.1) is 6.42 Å². The Hall–Kier alpha value is -2.07. The number of ether oxygens (including phenoxy) is 1. The van der Waals surface area contributed by atoms with E-state index in [2.05, 4.69) is 16.0 Å². The lowest BCUT2D eigenvalue weighted by molar-refractivity contribution is -0.143. The van der Waals surface area contributed by atoms with Gasteiger partial charge in [0.25, 0.3) is 5.91 Å². The summed E-state index contributed by atoms with van der Waals surface area (Å²) in [6.07, 6.45) is 5.13. The molecule has 0 aliphatic rings. The lowest BCUT2D eigenvalue weighted by Crippen LogP contribution is -2.49. The van der Waals surface area contributed by atoms with E-state index in [4.69, 9.17) is 11.5 Å². The highest BCUT2D eigenvalue weighted by Crippen LogP contribution is 1.97. The van der Waals surface area contributed by atoms with E-state index in [1.807, 2.05) is 5.32 Å². The molecule has 0 aliphatic heterocycles. The highest BCUT2D eigenvalue weighted by atomic mass is 16.5. The predicted molar refractivity (Wildman–Crippen MR) is 58.0 cm³/mol. The molecule has 0 atom stereocenters. The van der Waals surface area contributed by atoms with E-state index in [1.165, 1.54) is 0 Å². The molecule has 3 N–H and O–H groups in total. The number of amides is 3. The Kier molecular flexibility index (Phi) is 5.71. The van der Waals surface area contributed by atoms with Crippen molar-refractivity contribution in [1.82, 2.24) is 10.6 Å². The molecular formula is C10H14N2O5. The lowest BCUT2D eigenvalue weighted by atomic mass is 10.1. The van der Waals surface area contributed by atoms with E-state index in [9.17, 15) is 14.4 Å². The SMILES string of the molecule is C#CC(C)(C)NC(=O)NC(=O)COCC(=O)O. The van der Waals surface area contributed by atoms with Crippen molar-refractivity contribution in [2.24, 2.45) is 0 Å². The number of rotatable bonds is 5. The van der Waals surface area contributed by atoms with Crippen molar-refractivity contribution >= 4 is 17.9 Å². The van der Waals surface area contributed by atoms with Crippen molar-refractivity contribution in [3.63, 3.8) is 0 Å². The van der Waals surface area contributed by atoms with E-state index in [1.54, 1.807) is 13.8 Å². The highest BCUT2D eigenvalue weighted by Gasteiger charge is 2.18. The van der Waals surface area contributed by atoms with Gasteiger partial charge in [0, 0.05) is 0 Å². The van der Waals surface area contributed by atoms with Gasteiger partial charge in [-0.2, -0.15) is 0 Å². The van der Waals surface area contributed by atoms with Crippen molar-refractivity contribution in [1.29, 1.82) is 0 Å². The molecule has 0 aromatic carbocycles. The molecule has 0 unspecified atom stereocenters.